The van der Waals surface area contributed by atoms with Crippen LogP contribution in [-0.4, -0.2) is 43.9 Å². The number of nitrogens with two attached hydrogens (primary N) is 1. The summed E-state index contributed by atoms with van der Waals surface area (Å²) in [6, 6.07) is 7.11. The van der Waals surface area contributed by atoms with Gasteiger partial charge in [0.25, 0.3) is 0 Å². The number of carbonyl (C=O) groups excluding carboxylic acids is 1. The van der Waals surface area contributed by atoms with Crippen LogP contribution in [0.3, 0.4) is 0 Å². The summed E-state index contributed by atoms with van der Waals surface area (Å²) in [5.74, 6) is -3.49. The highest BCUT2D eigenvalue weighted by Crippen LogP contribution is 2.40. The van der Waals surface area contributed by atoms with Gasteiger partial charge in [-0.25, -0.2) is 26.3 Å². The van der Waals surface area contributed by atoms with Gasteiger partial charge in [-0.2, -0.15) is 0 Å². The number of benzene rings is 2. The second-order valence-electron chi connectivity index (χ2n) is 9.28. The summed E-state index contributed by atoms with van der Waals surface area (Å²) >= 11 is 0. The lowest BCUT2D eigenvalue weighted by atomic mass is 9.82. The molecule has 3 atom stereocenters. The first-order valence-corrected chi connectivity index (χ1v) is 12.8. The molecule has 4 rings (SSSR count). The summed E-state index contributed by atoms with van der Waals surface area (Å²) in [6.07, 6.45) is 2.82. The smallest absolute Gasteiger partial charge is 0.241 e. The average molecular weight is 496 g/mol. The van der Waals surface area contributed by atoms with Gasteiger partial charge in [0.15, 0.2) is 11.6 Å². The first-order chi connectivity index (χ1) is 16.0. The first kappa shape index (κ1) is 24.7. The number of carbonyl (C=O) groups is 1. The van der Waals surface area contributed by atoms with E-state index in [1.807, 2.05) is 6.92 Å². The van der Waals surface area contributed by atoms with Crippen molar-refractivity contribution in [2.45, 2.75) is 62.0 Å². The van der Waals surface area contributed by atoms with Gasteiger partial charge < -0.3 is 10.6 Å². The van der Waals surface area contributed by atoms with E-state index in [0.717, 1.165) is 24.5 Å². The van der Waals surface area contributed by atoms with Gasteiger partial charge in [0, 0.05) is 24.2 Å². The Morgan fingerprint density at radius 1 is 1.06 bits per heavy atom. The lowest BCUT2D eigenvalue weighted by molar-refractivity contribution is -0.135. The van der Waals surface area contributed by atoms with Crippen molar-refractivity contribution in [2.24, 2.45) is 11.7 Å². The summed E-state index contributed by atoms with van der Waals surface area (Å²) in [6.45, 7) is 1.52. The Morgan fingerprint density at radius 3 is 2.26 bits per heavy atom. The molecule has 2 bridgehead atoms. The maximum Gasteiger partial charge on any atom is 0.241 e. The quantitative estimate of drug-likeness (QED) is 0.578. The number of hydrogen-bond donors (Lipinski definition) is 2. The van der Waals surface area contributed by atoms with Crippen molar-refractivity contribution in [3.05, 3.63) is 65.0 Å². The van der Waals surface area contributed by atoms with E-state index in [4.69, 9.17) is 5.73 Å². The Labute approximate surface area is 197 Å². The second-order valence-corrected chi connectivity index (χ2v) is 11.0. The lowest BCUT2D eigenvalue weighted by Gasteiger charge is -2.41. The molecule has 2 aromatic rings. The number of nitrogens with zero attached hydrogens (tertiary/aromatic N) is 1. The highest BCUT2D eigenvalue weighted by atomic mass is 32.2. The van der Waals surface area contributed by atoms with E-state index in [0.29, 0.717) is 18.9 Å². The molecule has 184 valence electrons. The number of amides is 1. The van der Waals surface area contributed by atoms with E-state index in [2.05, 4.69) is 4.72 Å². The first-order valence-electron chi connectivity index (χ1n) is 11.3. The summed E-state index contributed by atoms with van der Waals surface area (Å²) < 4.78 is 68.2. The third kappa shape index (κ3) is 5.13. The normalized spacial score (nSPS) is 23.2. The molecule has 2 unspecified atom stereocenters. The van der Waals surface area contributed by atoms with Crippen LogP contribution in [0.1, 0.15) is 36.8 Å². The van der Waals surface area contributed by atoms with Crippen LogP contribution in [0.2, 0.25) is 0 Å². The summed E-state index contributed by atoms with van der Waals surface area (Å²) in [7, 11) is -3.81. The Balaban J connectivity index is 1.36. The van der Waals surface area contributed by atoms with Gasteiger partial charge in [0.2, 0.25) is 15.9 Å². The number of fused-ring (bicyclic) bond motifs is 2. The third-order valence-electron chi connectivity index (χ3n) is 6.95. The lowest BCUT2D eigenvalue weighted by Crippen LogP contribution is -2.52. The minimum atomic E-state index is -3.81. The summed E-state index contributed by atoms with van der Waals surface area (Å²) in [4.78, 5) is 14.8. The van der Waals surface area contributed by atoms with Gasteiger partial charge in [0.1, 0.15) is 5.82 Å². The van der Waals surface area contributed by atoms with Crippen LogP contribution in [0.4, 0.5) is 13.2 Å². The van der Waals surface area contributed by atoms with Crippen molar-refractivity contribution in [3.8, 4) is 0 Å². The Bertz CT molecular complexity index is 1160. The zero-order valence-corrected chi connectivity index (χ0v) is 19.6. The molecule has 2 heterocycles. The molecule has 0 saturated carbocycles. The molecule has 34 heavy (non-hydrogen) atoms. The van der Waals surface area contributed by atoms with Crippen molar-refractivity contribution in [1.82, 2.24) is 9.62 Å². The molecule has 2 aromatic carbocycles. The number of aryl methyl sites for hydroxylation is 1. The van der Waals surface area contributed by atoms with Gasteiger partial charge in [-0.1, -0.05) is 17.7 Å². The maximum atomic E-state index is 14.0. The number of nitrogens with one attached hydrogen (secondary N) is 1. The number of sulfonamides is 1. The molecule has 0 radical (unpaired) electrons. The molecule has 0 aliphatic carbocycles. The minimum Gasteiger partial charge on any atom is -0.336 e. The average Bonchev–Trinajstić information content (AvgIpc) is 3.05. The molecule has 0 aromatic heterocycles. The van der Waals surface area contributed by atoms with Crippen molar-refractivity contribution >= 4 is 15.9 Å². The summed E-state index contributed by atoms with van der Waals surface area (Å²) in [5.41, 5.74) is 7.28. The molecule has 10 heteroatoms. The van der Waals surface area contributed by atoms with E-state index >= 15 is 0 Å². The van der Waals surface area contributed by atoms with Gasteiger partial charge in [-0.05, 0) is 68.7 Å². The number of halogens is 3. The predicted molar refractivity (Wildman–Crippen MR) is 121 cm³/mol. The highest BCUT2D eigenvalue weighted by molar-refractivity contribution is 7.89. The van der Waals surface area contributed by atoms with Gasteiger partial charge in [0.05, 0.1) is 11.4 Å². The fourth-order valence-electron chi connectivity index (χ4n) is 5.17. The standard InChI is InChI=1S/C24H28F3N3O3S/c1-14-2-6-19(7-3-14)34(32,33)29-13-24(31)30-17-4-5-18(30)9-16(8-17)23(28)11-15-10-21(26)22(27)12-20(15)25/h2-3,6-7,10,12,16-18,23,29H,4-5,8-9,11,13,28H2,1H3/t16?,17?,18?,23-/m1/s1. The number of hydrogen-bond acceptors (Lipinski definition) is 4. The van der Waals surface area contributed by atoms with Crippen molar-refractivity contribution in [2.75, 3.05) is 6.54 Å². The van der Waals surface area contributed by atoms with Crippen LogP contribution in [0.15, 0.2) is 41.3 Å². The monoisotopic (exact) mass is 495 g/mol. The molecule has 2 aliphatic heterocycles. The Kier molecular flexibility index (Phi) is 7.02. The molecule has 0 spiro atoms. The van der Waals surface area contributed by atoms with Crippen molar-refractivity contribution < 1.29 is 26.4 Å². The van der Waals surface area contributed by atoms with Gasteiger partial charge in [-0.15, -0.1) is 0 Å². The van der Waals surface area contributed by atoms with E-state index in [1.165, 1.54) is 12.1 Å². The topological polar surface area (TPSA) is 92.5 Å². The minimum absolute atomic E-state index is 0.0154. The van der Waals surface area contributed by atoms with E-state index in [9.17, 15) is 26.4 Å². The van der Waals surface area contributed by atoms with E-state index < -0.39 is 33.5 Å². The van der Waals surface area contributed by atoms with Crippen molar-refractivity contribution in [1.29, 1.82) is 0 Å². The largest absolute Gasteiger partial charge is 0.336 e. The molecule has 2 saturated heterocycles. The molecular formula is C24H28F3N3O3S. The van der Waals surface area contributed by atoms with Crippen LogP contribution >= 0.6 is 0 Å². The van der Waals surface area contributed by atoms with Crippen LogP contribution in [-0.2, 0) is 21.2 Å². The summed E-state index contributed by atoms with van der Waals surface area (Å²) in [5, 5.41) is 0. The van der Waals surface area contributed by atoms with Crippen LogP contribution in [0.5, 0.6) is 0 Å². The zero-order chi connectivity index (χ0) is 24.6. The predicted octanol–water partition coefficient (Wildman–Crippen LogP) is 3.03. The third-order valence-corrected chi connectivity index (χ3v) is 8.37. The van der Waals surface area contributed by atoms with Gasteiger partial charge >= 0.3 is 0 Å². The fourth-order valence-corrected chi connectivity index (χ4v) is 6.14. The van der Waals surface area contributed by atoms with Gasteiger partial charge in [-0.3, -0.25) is 4.79 Å². The molecular weight excluding hydrogens is 467 g/mol. The van der Waals surface area contributed by atoms with Crippen LogP contribution in [0, 0.1) is 30.3 Å². The Morgan fingerprint density at radius 2 is 1.65 bits per heavy atom. The van der Waals surface area contributed by atoms with E-state index in [1.54, 1.807) is 17.0 Å². The maximum absolute atomic E-state index is 14.0. The molecule has 6 nitrogen and oxygen atoms in total. The number of rotatable bonds is 7. The van der Waals surface area contributed by atoms with E-state index in [-0.39, 0.29) is 47.3 Å². The molecule has 2 fully saturated rings. The second kappa shape index (κ2) is 9.67. The molecule has 1 amide bonds. The van der Waals surface area contributed by atoms with Crippen LogP contribution in [0.25, 0.3) is 0 Å². The molecule has 2 aliphatic rings. The Hall–Kier alpha value is -2.43. The zero-order valence-electron chi connectivity index (χ0n) is 18.8. The number of piperidine rings is 1. The van der Waals surface area contributed by atoms with Crippen LogP contribution < -0.4 is 10.5 Å². The SMILES string of the molecule is Cc1ccc(S(=O)(=O)NCC(=O)N2C3CCC2CC([C@H](N)Cc2cc(F)c(F)cc2F)C3)cc1. The van der Waals surface area contributed by atoms with Crippen molar-refractivity contribution in [3.63, 3.8) is 0 Å². The highest BCUT2D eigenvalue weighted by Gasteiger charge is 2.44. The molecule has 3 N–H and O–H groups in total. The fraction of sp³-hybridized carbons (Fsp3) is 0.458.